The molecule has 5 nitrogen and oxygen atoms in total. The summed E-state index contributed by atoms with van der Waals surface area (Å²) in [6, 6.07) is 12.1. The Morgan fingerprint density at radius 1 is 1.12 bits per heavy atom. The van der Waals surface area contributed by atoms with Gasteiger partial charge in [0.2, 0.25) is 11.0 Å². The van der Waals surface area contributed by atoms with Crippen molar-refractivity contribution in [3.8, 4) is 11.8 Å². The van der Waals surface area contributed by atoms with Gasteiger partial charge >= 0.3 is 6.18 Å². The number of hydrogen-bond acceptors (Lipinski definition) is 5. The Labute approximate surface area is 143 Å². The lowest BCUT2D eigenvalue weighted by molar-refractivity contribution is -0.144. The molecule has 0 aliphatic rings. The second-order valence-electron chi connectivity index (χ2n) is 4.63. The van der Waals surface area contributed by atoms with Gasteiger partial charge in [0.15, 0.2) is 11.5 Å². The van der Waals surface area contributed by atoms with Crippen LogP contribution in [0, 0.1) is 11.8 Å². The Bertz CT molecular complexity index is 952. The van der Waals surface area contributed by atoms with E-state index in [0.717, 1.165) is 5.56 Å². The Balaban J connectivity index is 1.69. The highest BCUT2D eigenvalue weighted by atomic mass is 32.2. The molecule has 3 rings (SSSR count). The quantitative estimate of drug-likeness (QED) is 0.555. The maximum atomic E-state index is 12.4. The maximum Gasteiger partial charge on any atom is 0.451 e. The molecule has 25 heavy (non-hydrogen) atoms. The molecule has 1 N–H and O–H groups in total. The second-order valence-corrected chi connectivity index (χ2v) is 5.57. The van der Waals surface area contributed by atoms with Crippen molar-refractivity contribution in [2.24, 2.45) is 0 Å². The van der Waals surface area contributed by atoms with Gasteiger partial charge in [-0.3, -0.25) is 9.89 Å². The van der Waals surface area contributed by atoms with Crippen molar-refractivity contribution in [2.45, 2.75) is 11.3 Å². The smallest absolute Gasteiger partial charge is 0.444 e. The van der Waals surface area contributed by atoms with E-state index < -0.39 is 17.1 Å². The van der Waals surface area contributed by atoms with Crippen molar-refractivity contribution in [2.75, 3.05) is 0 Å². The van der Waals surface area contributed by atoms with Crippen molar-refractivity contribution in [3.63, 3.8) is 0 Å². The number of aromatic nitrogens is 3. The first-order valence-electron chi connectivity index (χ1n) is 6.80. The average molecular weight is 363 g/mol. The number of carbonyl (C=O) groups is 1. The highest BCUT2D eigenvalue weighted by Crippen LogP contribution is 2.28. The molecule has 0 saturated carbocycles. The van der Waals surface area contributed by atoms with Crippen LogP contribution in [0.1, 0.15) is 27.7 Å². The summed E-state index contributed by atoms with van der Waals surface area (Å²) in [5.41, 5.74) is 0.779. The normalized spacial score (nSPS) is 11.0. The predicted octanol–water partition coefficient (Wildman–Crippen LogP) is 3.75. The van der Waals surface area contributed by atoms with Crippen LogP contribution >= 0.6 is 11.8 Å². The van der Waals surface area contributed by atoms with E-state index in [1.54, 1.807) is 5.10 Å². The van der Waals surface area contributed by atoms with E-state index in [2.05, 4.69) is 21.9 Å². The summed E-state index contributed by atoms with van der Waals surface area (Å²) in [5, 5.41) is 4.11. The number of thioether (sulfide) groups is 1. The number of H-pyrrole nitrogens is 1. The van der Waals surface area contributed by atoms with Crippen LogP contribution in [0.4, 0.5) is 13.2 Å². The average Bonchev–Trinajstić information content (AvgIpc) is 3.23. The van der Waals surface area contributed by atoms with Gasteiger partial charge in [0, 0.05) is 5.56 Å². The van der Waals surface area contributed by atoms with E-state index in [4.69, 9.17) is 4.42 Å². The minimum absolute atomic E-state index is 0.0549. The maximum absolute atomic E-state index is 12.4. The molecule has 9 heteroatoms. The Kier molecular flexibility index (Phi) is 4.63. The first kappa shape index (κ1) is 16.9. The first-order chi connectivity index (χ1) is 11.9. The van der Waals surface area contributed by atoms with Crippen LogP contribution in [0.25, 0.3) is 0 Å². The largest absolute Gasteiger partial charge is 0.451 e. The third-order valence-corrected chi connectivity index (χ3v) is 3.58. The molecule has 0 fully saturated rings. The number of nitrogens with zero attached hydrogens (tertiary/aromatic N) is 2. The van der Waals surface area contributed by atoms with Gasteiger partial charge in [-0.05, 0) is 41.9 Å². The number of nitrogens with one attached hydrogen (secondary N) is 1. The predicted molar refractivity (Wildman–Crippen MR) is 82.7 cm³/mol. The van der Waals surface area contributed by atoms with Gasteiger partial charge in [0.1, 0.15) is 0 Å². The summed E-state index contributed by atoms with van der Waals surface area (Å²) in [6.07, 6.45) is -4.65. The van der Waals surface area contributed by atoms with Gasteiger partial charge in [-0.1, -0.05) is 24.1 Å². The minimum Gasteiger partial charge on any atom is -0.444 e. The molecule has 1 aromatic carbocycles. The number of carbonyl (C=O) groups excluding carboxylic acids is 1. The Morgan fingerprint density at radius 2 is 1.88 bits per heavy atom. The molecular formula is C16H8F3N3O2S. The molecule has 126 valence electrons. The molecule has 2 aromatic heterocycles. The second kappa shape index (κ2) is 6.86. The molecule has 0 atom stereocenters. The number of hydrogen-bond donors (Lipinski definition) is 1. The van der Waals surface area contributed by atoms with Crippen LogP contribution in [0.3, 0.4) is 0 Å². The lowest BCUT2D eigenvalue weighted by Gasteiger charge is -1.98. The molecule has 0 bridgehead atoms. The van der Waals surface area contributed by atoms with Crippen LogP contribution in [-0.2, 0) is 6.18 Å². The summed E-state index contributed by atoms with van der Waals surface area (Å²) in [4.78, 5) is 15.2. The van der Waals surface area contributed by atoms with Gasteiger partial charge in [-0.2, -0.15) is 18.2 Å². The number of aromatic amines is 1. The van der Waals surface area contributed by atoms with Crippen molar-refractivity contribution < 1.29 is 22.4 Å². The molecule has 0 spiro atoms. The first-order valence-corrected chi connectivity index (χ1v) is 7.62. The van der Waals surface area contributed by atoms with E-state index in [9.17, 15) is 18.0 Å². The zero-order chi connectivity index (χ0) is 17.9. The molecule has 0 aliphatic heterocycles. The lowest BCUT2D eigenvalue weighted by Crippen LogP contribution is -2.07. The van der Waals surface area contributed by atoms with Gasteiger partial charge in [0.25, 0.3) is 5.12 Å². The number of furan rings is 1. The molecule has 2 heterocycles. The Hall–Kier alpha value is -2.99. The summed E-state index contributed by atoms with van der Waals surface area (Å²) < 4.78 is 42.6. The molecule has 0 amide bonds. The number of benzene rings is 1. The SMILES string of the molecule is O=C(Sc1n[nH]c(C(F)(F)F)n1)c1ccc(C#Cc2ccccc2)o1. The third-order valence-electron chi connectivity index (χ3n) is 2.83. The fourth-order valence-electron chi connectivity index (χ4n) is 1.72. The number of halogens is 3. The number of alkyl halides is 3. The summed E-state index contributed by atoms with van der Waals surface area (Å²) >= 11 is 0.427. The Morgan fingerprint density at radius 3 is 2.56 bits per heavy atom. The van der Waals surface area contributed by atoms with E-state index in [1.165, 1.54) is 12.1 Å². The van der Waals surface area contributed by atoms with Gasteiger partial charge in [-0.25, -0.2) is 0 Å². The molecule has 0 unspecified atom stereocenters. The highest BCUT2D eigenvalue weighted by Gasteiger charge is 2.35. The van der Waals surface area contributed by atoms with Gasteiger partial charge in [-0.15, -0.1) is 5.10 Å². The van der Waals surface area contributed by atoms with Crippen LogP contribution in [-0.4, -0.2) is 20.3 Å². The van der Waals surface area contributed by atoms with Crippen LogP contribution in [0.15, 0.2) is 52.0 Å². The lowest BCUT2D eigenvalue weighted by atomic mass is 10.2. The topological polar surface area (TPSA) is 71.8 Å². The van der Waals surface area contributed by atoms with E-state index >= 15 is 0 Å². The van der Waals surface area contributed by atoms with E-state index in [-0.39, 0.29) is 16.7 Å². The molecular weight excluding hydrogens is 355 g/mol. The molecule has 0 aliphatic carbocycles. The van der Waals surface area contributed by atoms with Crippen LogP contribution in [0.5, 0.6) is 0 Å². The third kappa shape index (κ3) is 4.30. The summed E-state index contributed by atoms with van der Waals surface area (Å²) in [7, 11) is 0. The molecule has 0 saturated heterocycles. The van der Waals surface area contributed by atoms with Crippen molar-refractivity contribution in [1.82, 2.24) is 15.2 Å². The fourth-order valence-corrected chi connectivity index (χ4v) is 2.33. The highest BCUT2D eigenvalue weighted by molar-refractivity contribution is 8.14. The number of rotatable bonds is 2. The minimum atomic E-state index is -4.65. The van der Waals surface area contributed by atoms with E-state index in [1.807, 2.05) is 30.3 Å². The van der Waals surface area contributed by atoms with Gasteiger partial charge < -0.3 is 4.42 Å². The molecule has 0 radical (unpaired) electrons. The summed E-state index contributed by atoms with van der Waals surface area (Å²) in [6.45, 7) is 0. The standard InChI is InChI=1S/C16H8F3N3O2S/c17-16(18,19)14-20-15(22-21-14)25-13(23)12-9-8-11(24-12)7-6-10-4-2-1-3-5-10/h1-5,8-9H,(H,20,21,22). The molecule has 3 aromatic rings. The fraction of sp³-hybridized carbons (Fsp3) is 0.0625. The van der Waals surface area contributed by atoms with Crippen molar-refractivity contribution in [1.29, 1.82) is 0 Å². The van der Waals surface area contributed by atoms with Gasteiger partial charge in [0.05, 0.1) is 0 Å². The monoisotopic (exact) mass is 363 g/mol. The zero-order valence-corrected chi connectivity index (χ0v) is 13.1. The van der Waals surface area contributed by atoms with Crippen LogP contribution in [0.2, 0.25) is 0 Å². The van der Waals surface area contributed by atoms with Crippen LogP contribution < -0.4 is 0 Å². The summed E-state index contributed by atoms with van der Waals surface area (Å²) in [5.74, 6) is 4.57. The van der Waals surface area contributed by atoms with Crippen molar-refractivity contribution in [3.05, 3.63) is 65.4 Å². The van der Waals surface area contributed by atoms with E-state index in [0.29, 0.717) is 11.8 Å². The van der Waals surface area contributed by atoms with Crippen molar-refractivity contribution >= 4 is 16.9 Å². The zero-order valence-electron chi connectivity index (χ0n) is 12.3.